The first-order valence-electron chi connectivity index (χ1n) is 7.70. The third kappa shape index (κ3) is 3.40. The summed E-state index contributed by atoms with van der Waals surface area (Å²) in [5, 5.41) is 8.00. The van der Waals surface area contributed by atoms with Crippen molar-refractivity contribution in [3.05, 3.63) is 82.2 Å². The second-order valence-electron chi connectivity index (χ2n) is 5.60. The predicted octanol–water partition coefficient (Wildman–Crippen LogP) is 5.47. The predicted molar refractivity (Wildman–Crippen MR) is 106 cm³/mol. The normalized spacial score (nSPS) is 11.4. The number of thiophene rings is 1. The molecule has 0 spiro atoms. The van der Waals surface area contributed by atoms with Crippen LogP contribution in [0.2, 0.25) is 5.02 Å². The average Bonchev–Trinajstić information content (AvgIpc) is 3.05. The molecule has 0 saturated heterocycles. The highest BCUT2D eigenvalue weighted by Crippen LogP contribution is 2.28. The van der Waals surface area contributed by atoms with Gasteiger partial charge in [-0.3, -0.25) is 4.79 Å². The molecule has 3 aromatic carbocycles. The van der Waals surface area contributed by atoms with E-state index in [2.05, 4.69) is 16.6 Å². The van der Waals surface area contributed by atoms with Crippen LogP contribution in [-0.4, -0.2) is 12.1 Å². The molecule has 0 unspecified atom stereocenters. The van der Waals surface area contributed by atoms with Crippen LogP contribution in [0.1, 0.15) is 15.2 Å². The highest BCUT2D eigenvalue weighted by molar-refractivity contribution is 7.20. The van der Waals surface area contributed by atoms with Gasteiger partial charge in [-0.2, -0.15) is 5.10 Å². The van der Waals surface area contributed by atoms with Crippen molar-refractivity contribution in [3.8, 4) is 0 Å². The Morgan fingerprint density at radius 3 is 2.68 bits per heavy atom. The van der Waals surface area contributed by atoms with Crippen LogP contribution in [0.3, 0.4) is 0 Å². The minimum atomic E-state index is -0.227. The zero-order valence-electron chi connectivity index (χ0n) is 13.1. The van der Waals surface area contributed by atoms with Crippen LogP contribution in [-0.2, 0) is 0 Å². The van der Waals surface area contributed by atoms with Crippen molar-refractivity contribution in [2.75, 3.05) is 0 Å². The van der Waals surface area contributed by atoms with Gasteiger partial charge in [0.05, 0.1) is 11.1 Å². The van der Waals surface area contributed by atoms with Crippen LogP contribution in [0.5, 0.6) is 0 Å². The molecule has 1 aromatic heterocycles. The first-order chi connectivity index (χ1) is 12.2. The fraction of sp³-hybridized carbons (Fsp3) is 0. The summed E-state index contributed by atoms with van der Waals surface area (Å²) in [6, 6.07) is 21.6. The van der Waals surface area contributed by atoms with Gasteiger partial charge >= 0.3 is 0 Å². The van der Waals surface area contributed by atoms with Gasteiger partial charge in [-0.1, -0.05) is 48.0 Å². The highest BCUT2D eigenvalue weighted by atomic mass is 35.5. The van der Waals surface area contributed by atoms with E-state index in [1.807, 2.05) is 60.7 Å². The number of hydrogen-bond donors (Lipinski definition) is 1. The molecule has 122 valence electrons. The van der Waals surface area contributed by atoms with Gasteiger partial charge < -0.3 is 0 Å². The number of rotatable bonds is 3. The maximum atomic E-state index is 12.3. The number of hydrogen-bond acceptors (Lipinski definition) is 3. The molecule has 0 aliphatic carbocycles. The number of carbonyl (C=O) groups is 1. The summed E-state index contributed by atoms with van der Waals surface area (Å²) in [6.45, 7) is 0. The number of hydrazone groups is 1. The van der Waals surface area contributed by atoms with E-state index in [1.54, 1.807) is 6.21 Å². The molecular weight excluding hydrogens is 352 g/mol. The number of fused-ring (bicyclic) bond motifs is 2. The number of benzene rings is 3. The van der Waals surface area contributed by atoms with Crippen molar-refractivity contribution >= 4 is 55.9 Å². The molecule has 0 saturated carbocycles. The monoisotopic (exact) mass is 364 g/mol. The van der Waals surface area contributed by atoms with Crippen LogP contribution >= 0.6 is 22.9 Å². The standard InChI is InChI=1S/C20H13ClN2OS/c21-17-7-8-18-16(10-17)11-19(25-18)20(24)23-22-12-13-5-6-14-3-1-2-4-15(14)9-13/h1-12H,(H,23,24)/b22-12+. The van der Waals surface area contributed by atoms with Gasteiger partial charge in [0.1, 0.15) is 0 Å². The van der Waals surface area contributed by atoms with Gasteiger partial charge in [0.25, 0.3) is 5.91 Å². The lowest BCUT2D eigenvalue weighted by molar-refractivity contribution is 0.0959. The SMILES string of the molecule is O=C(N/N=C/c1ccc2ccccc2c1)c1cc2cc(Cl)ccc2s1. The average molecular weight is 365 g/mol. The zero-order chi connectivity index (χ0) is 17.2. The molecule has 5 heteroatoms. The lowest BCUT2D eigenvalue weighted by Crippen LogP contribution is -2.16. The number of nitrogens with one attached hydrogen (secondary N) is 1. The van der Waals surface area contributed by atoms with Gasteiger partial charge in [0, 0.05) is 9.72 Å². The third-order valence-corrected chi connectivity index (χ3v) is 5.21. The molecular formula is C20H13ClN2OS. The molecule has 1 amide bonds. The second-order valence-corrected chi connectivity index (χ2v) is 7.12. The van der Waals surface area contributed by atoms with Crippen LogP contribution in [0, 0.1) is 0 Å². The zero-order valence-corrected chi connectivity index (χ0v) is 14.6. The molecule has 0 fully saturated rings. The number of amides is 1. The van der Waals surface area contributed by atoms with E-state index in [9.17, 15) is 4.79 Å². The van der Waals surface area contributed by atoms with Crippen LogP contribution in [0.4, 0.5) is 0 Å². The maximum Gasteiger partial charge on any atom is 0.281 e. The number of carbonyl (C=O) groups excluding carboxylic acids is 1. The van der Waals surface area contributed by atoms with Gasteiger partial charge in [-0.15, -0.1) is 11.3 Å². The summed E-state index contributed by atoms with van der Waals surface area (Å²) in [7, 11) is 0. The number of nitrogens with zero attached hydrogens (tertiary/aromatic N) is 1. The van der Waals surface area contributed by atoms with E-state index >= 15 is 0 Å². The molecule has 0 radical (unpaired) electrons. The summed E-state index contributed by atoms with van der Waals surface area (Å²) in [5.74, 6) is -0.227. The van der Waals surface area contributed by atoms with E-state index in [0.29, 0.717) is 9.90 Å². The van der Waals surface area contributed by atoms with Crippen molar-refractivity contribution in [2.24, 2.45) is 5.10 Å². The molecule has 0 atom stereocenters. The third-order valence-electron chi connectivity index (χ3n) is 3.86. The smallest absolute Gasteiger partial charge is 0.266 e. The summed E-state index contributed by atoms with van der Waals surface area (Å²) in [5.41, 5.74) is 3.51. The largest absolute Gasteiger partial charge is 0.281 e. The van der Waals surface area contributed by atoms with E-state index in [0.717, 1.165) is 21.0 Å². The van der Waals surface area contributed by atoms with Crippen LogP contribution in [0.25, 0.3) is 20.9 Å². The minimum Gasteiger partial charge on any atom is -0.266 e. The number of halogens is 1. The molecule has 3 nitrogen and oxygen atoms in total. The second kappa shape index (κ2) is 6.67. The molecule has 1 N–H and O–H groups in total. The Bertz CT molecular complexity index is 1120. The summed E-state index contributed by atoms with van der Waals surface area (Å²) in [6.07, 6.45) is 1.65. The van der Waals surface area contributed by atoms with Crippen molar-refractivity contribution < 1.29 is 4.79 Å². The lowest BCUT2D eigenvalue weighted by Gasteiger charge is -1.99. The highest BCUT2D eigenvalue weighted by Gasteiger charge is 2.09. The topological polar surface area (TPSA) is 41.5 Å². The van der Waals surface area contributed by atoms with Crippen molar-refractivity contribution in [3.63, 3.8) is 0 Å². The Labute approximate surface area is 153 Å². The Balaban J connectivity index is 1.50. The lowest BCUT2D eigenvalue weighted by atomic mass is 10.1. The molecule has 4 aromatic rings. The summed E-state index contributed by atoms with van der Waals surface area (Å²) >= 11 is 7.40. The van der Waals surface area contributed by atoms with E-state index in [4.69, 9.17) is 11.6 Å². The molecule has 1 heterocycles. The van der Waals surface area contributed by atoms with Crippen LogP contribution < -0.4 is 5.43 Å². The Hall–Kier alpha value is -2.69. The van der Waals surface area contributed by atoms with Crippen molar-refractivity contribution in [1.82, 2.24) is 5.43 Å². The van der Waals surface area contributed by atoms with E-state index < -0.39 is 0 Å². The molecule has 0 aliphatic heterocycles. The van der Waals surface area contributed by atoms with Crippen molar-refractivity contribution in [2.45, 2.75) is 0 Å². The minimum absolute atomic E-state index is 0.227. The molecule has 4 rings (SSSR count). The molecule has 0 aliphatic rings. The fourth-order valence-electron chi connectivity index (χ4n) is 2.63. The van der Waals surface area contributed by atoms with Gasteiger partial charge in [0.15, 0.2) is 0 Å². The van der Waals surface area contributed by atoms with Crippen LogP contribution in [0.15, 0.2) is 71.8 Å². The van der Waals surface area contributed by atoms with E-state index in [1.165, 1.54) is 16.7 Å². The van der Waals surface area contributed by atoms with E-state index in [-0.39, 0.29) is 5.91 Å². The first kappa shape index (κ1) is 15.8. The summed E-state index contributed by atoms with van der Waals surface area (Å²) < 4.78 is 1.02. The molecule has 0 bridgehead atoms. The first-order valence-corrected chi connectivity index (χ1v) is 8.90. The van der Waals surface area contributed by atoms with Crippen molar-refractivity contribution in [1.29, 1.82) is 0 Å². The van der Waals surface area contributed by atoms with Gasteiger partial charge in [-0.05, 0) is 52.1 Å². The van der Waals surface area contributed by atoms with Gasteiger partial charge in [0.2, 0.25) is 0 Å². The fourth-order valence-corrected chi connectivity index (χ4v) is 3.75. The Morgan fingerprint density at radius 2 is 1.80 bits per heavy atom. The van der Waals surface area contributed by atoms with Gasteiger partial charge in [-0.25, -0.2) is 5.43 Å². The molecule has 25 heavy (non-hydrogen) atoms. The quantitative estimate of drug-likeness (QED) is 0.380. The summed E-state index contributed by atoms with van der Waals surface area (Å²) in [4.78, 5) is 12.9. The Morgan fingerprint density at radius 1 is 0.960 bits per heavy atom. The Kier molecular flexibility index (Phi) is 4.22. The maximum absolute atomic E-state index is 12.3.